The zero-order valence-corrected chi connectivity index (χ0v) is 24.2. The van der Waals surface area contributed by atoms with Crippen molar-refractivity contribution in [2.24, 2.45) is 5.92 Å². The Bertz CT molecular complexity index is 1400. The van der Waals surface area contributed by atoms with Crippen LogP contribution in [0.4, 0.5) is 0 Å². The van der Waals surface area contributed by atoms with Crippen LogP contribution in [0.5, 0.6) is 11.5 Å². The molecule has 1 saturated heterocycles. The zero-order valence-electron chi connectivity index (χ0n) is 22.6. The summed E-state index contributed by atoms with van der Waals surface area (Å²) in [4.78, 5) is 36.1. The number of carboxylic acids is 2. The number of phenolic OH excluding ortho intramolecular Hbond substituents is 1. The van der Waals surface area contributed by atoms with Crippen molar-refractivity contribution >= 4 is 33.8 Å². The summed E-state index contributed by atoms with van der Waals surface area (Å²) in [5.41, 5.74) is 1.26. The first kappa shape index (κ1) is 28.0. The summed E-state index contributed by atoms with van der Waals surface area (Å²) in [6.45, 7) is 1.97. The van der Waals surface area contributed by atoms with Gasteiger partial charge in [-0.3, -0.25) is 9.69 Å². The molecule has 11 heteroatoms. The Labute approximate surface area is 245 Å². The van der Waals surface area contributed by atoms with E-state index < -0.39 is 29.1 Å². The molecule has 1 spiro atoms. The van der Waals surface area contributed by atoms with Gasteiger partial charge in [0.1, 0.15) is 6.10 Å². The number of ether oxygens (including phenoxy) is 1. The van der Waals surface area contributed by atoms with Crippen LogP contribution in [0.1, 0.15) is 53.6 Å². The van der Waals surface area contributed by atoms with Crippen LogP contribution in [0, 0.1) is 5.92 Å². The number of piperidine rings is 1. The topological polar surface area (TPSA) is 148 Å². The monoisotopic (exact) mass is 628 g/mol. The minimum absolute atomic E-state index is 0.0411. The molecule has 0 aromatic heterocycles. The van der Waals surface area contributed by atoms with Gasteiger partial charge in [-0.25, -0.2) is 9.59 Å². The van der Waals surface area contributed by atoms with Gasteiger partial charge in [0, 0.05) is 35.2 Å². The predicted octanol–water partition coefficient (Wildman–Crippen LogP) is 3.02. The van der Waals surface area contributed by atoms with Crippen LogP contribution in [0.3, 0.4) is 0 Å². The Morgan fingerprint density at radius 2 is 1.73 bits per heavy atom. The number of carboxylic acid groups (broad SMARTS) is 2. The Morgan fingerprint density at radius 1 is 1.05 bits per heavy atom. The fourth-order valence-electron chi connectivity index (χ4n) is 7.80. The molecule has 5 aliphatic rings. The molecule has 1 amide bonds. The van der Waals surface area contributed by atoms with E-state index in [0.717, 1.165) is 41.9 Å². The van der Waals surface area contributed by atoms with Crippen LogP contribution in [0.25, 0.3) is 0 Å². The van der Waals surface area contributed by atoms with Crippen molar-refractivity contribution < 1.29 is 39.5 Å². The third-order valence-corrected chi connectivity index (χ3v) is 10.4. The minimum Gasteiger partial charge on any atom is -0.504 e. The molecule has 3 fully saturated rings. The first-order valence-corrected chi connectivity index (χ1v) is 14.7. The van der Waals surface area contributed by atoms with Crippen LogP contribution in [0.2, 0.25) is 0 Å². The molecule has 2 heterocycles. The van der Waals surface area contributed by atoms with Gasteiger partial charge in [-0.2, -0.15) is 0 Å². The largest absolute Gasteiger partial charge is 0.504 e. The predicted molar refractivity (Wildman–Crippen MR) is 150 cm³/mol. The molecule has 10 nitrogen and oxygen atoms in total. The molecule has 2 aliphatic heterocycles. The molecule has 1 unspecified atom stereocenters. The second-order valence-corrected chi connectivity index (χ2v) is 12.8. The van der Waals surface area contributed by atoms with Gasteiger partial charge in [0.25, 0.3) is 5.91 Å². The van der Waals surface area contributed by atoms with Gasteiger partial charge in [-0.15, -0.1) is 0 Å². The molecule has 218 valence electrons. The number of carbonyl (C=O) groups excluding carboxylic acids is 1. The second-order valence-electron chi connectivity index (χ2n) is 11.9. The van der Waals surface area contributed by atoms with E-state index in [4.69, 9.17) is 24.5 Å². The molecule has 0 radical (unpaired) electrons. The lowest BCUT2D eigenvalue weighted by molar-refractivity contribution is -0.197. The number of likely N-dealkylation sites (tertiary alicyclic amines) is 1. The van der Waals surface area contributed by atoms with Crippen molar-refractivity contribution in [3.8, 4) is 11.5 Å². The van der Waals surface area contributed by atoms with Crippen LogP contribution in [0.15, 0.2) is 40.9 Å². The standard InChI is InChI=1S/C28H31BrN2O4.C2H2O4/c1-30(26(33)17-4-7-19(29)8-5-17)20-10-11-28(34)22-14-18-6-9-21(32)24-23(18)27(28,25(20)35-24)12-13-31(22)15-16-2-3-16;3-1(4)2(5)6/h4-9,16,20,22,25,32,34H,2-3,10-15H2,1H3;(H,3,4)(H,5,6)/t20-,22-,25+,27?,28-;/m1./s1. The molecule has 41 heavy (non-hydrogen) atoms. The number of aliphatic hydroxyl groups is 1. The van der Waals surface area contributed by atoms with Gasteiger partial charge in [-0.1, -0.05) is 22.0 Å². The molecule has 2 aromatic carbocycles. The molecule has 4 N–H and O–H groups in total. The summed E-state index contributed by atoms with van der Waals surface area (Å²) in [5, 5.41) is 38.2. The number of aliphatic carboxylic acids is 2. The summed E-state index contributed by atoms with van der Waals surface area (Å²) >= 11 is 3.45. The van der Waals surface area contributed by atoms with Crippen LogP contribution in [-0.4, -0.2) is 92.0 Å². The summed E-state index contributed by atoms with van der Waals surface area (Å²) in [6, 6.07) is 11.0. The molecule has 2 aromatic rings. The Balaban J connectivity index is 0.000000458. The zero-order chi connectivity index (χ0) is 29.3. The maximum Gasteiger partial charge on any atom is 0.414 e. The molecular formula is C30H33BrN2O8. The van der Waals surface area contributed by atoms with E-state index in [0.29, 0.717) is 24.2 Å². The summed E-state index contributed by atoms with van der Waals surface area (Å²) in [6.07, 6.45) is 5.03. The number of likely N-dealkylation sites (N-methyl/N-ethyl adjacent to an activating group) is 1. The number of hydrogen-bond acceptors (Lipinski definition) is 7. The molecule has 2 bridgehead atoms. The fraction of sp³-hybridized carbons (Fsp3) is 0.500. The van der Waals surface area contributed by atoms with E-state index in [9.17, 15) is 15.0 Å². The molecule has 2 saturated carbocycles. The van der Waals surface area contributed by atoms with Crippen molar-refractivity contribution in [2.45, 2.75) is 67.7 Å². The number of hydrogen-bond donors (Lipinski definition) is 4. The number of phenols is 1. The third-order valence-electron chi connectivity index (χ3n) is 9.82. The van der Waals surface area contributed by atoms with Gasteiger partial charge < -0.3 is 30.1 Å². The van der Waals surface area contributed by atoms with Crippen LogP contribution < -0.4 is 4.74 Å². The highest BCUT2D eigenvalue weighted by Crippen LogP contribution is 2.66. The minimum atomic E-state index is -1.82. The maximum absolute atomic E-state index is 13.5. The highest BCUT2D eigenvalue weighted by molar-refractivity contribution is 9.10. The lowest BCUT2D eigenvalue weighted by atomic mass is 9.48. The highest BCUT2D eigenvalue weighted by Gasteiger charge is 2.73. The van der Waals surface area contributed by atoms with E-state index in [2.05, 4.69) is 20.8 Å². The molecule has 7 rings (SSSR count). The summed E-state index contributed by atoms with van der Waals surface area (Å²) in [7, 11) is 1.85. The normalized spacial score (nSPS) is 30.8. The van der Waals surface area contributed by atoms with Crippen LogP contribution in [-0.2, 0) is 21.4 Å². The van der Waals surface area contributed by atoms with E-state index in [1.54, 1.807) is 6.07 Å². The number of halogens is 1. The van der Waals surface area contributed by atoms with Crippen molar-refractivity contribution in [2.75, 3.05) is 20.1 Å². The quantitative estimate of drug-likeness (QED) is 0.375. The van der Waals surface area contributed by atoms with Crippen molar-refractivity contribution in [1.29, 1.82) is 0 Å². The number of carbonyl (C=O) groups is 3. The molecule has 5 atom stereocenters. The first-order valence-electron chi connectivity index (χ1n) is 13.9. The SMILES string of the molecule is CN(C(=O)c1ccc(Br)cc1)[C@@H]1CC[C@@]2(O)[C@H]3Cc4ccc(O)c5c4C2(CCN3CC2CC2)[C@H]1O5.O=C(O)C(=O)O. The number of rotatable bonds is 4. The van der Waals surface area contributed by atoms with E-state index in [1.165, 1.54) is 18.4 Å². The molecular weight excluding hydrogens is 596 g/mol. The van der Waals surface area contributed by atoms with Gasteiger partial charge in [0.2, 0.25) is 0 Å². The van der Waals surface area contributed by atoms with Crippen LogP contribution >= 0.6 is 15.9 Å². The lowest BCUT2D eigenvalue weighted by Gasteiger charge is -2.64. The van der Waals surface area contributed by atoms with E-state index in [1.807, 2.05) is 42.3 Å². The van der Waals surface area contributed by atoms with E-state index >= 15 is 0 Å². The second kappa shape index (κ2) is 9.99. The van der Waals surface area contributed by atoms with Crippen molar-refractivity contribution in [3.63, 3.8) is 0 Å². The van der Waals surface area contributed by atoms with Gasteiger partial charge >= 0.3 is 11.9 Å². The maximum atomic E-state index is 13.5. The molecule has 3 aliphatic carbocycles. The van der Waals surface area contributed by atoms with Gasteiger partial charge in [0.05, 0.1) is 17.1 Å². The smallest absolute Gasteiger partial charge is 0.414 e. The van der Waals surface area contributed by atoms with E-state index in [-0.39, 0.29) is 23.7 Å². The van der Waals surface area contributed by atoms with Crippen molar-refractivity contribution in [1.82, 2.24) is 9.80 Å². The first-order chi connectivity index (χ1) is 19.5. The van der Waals surface area contributed by atoms with Crippen molar-refractivity contribution in [3.05, 3.63) is 57.6 Å². The number of benzene rings is 2. The van der Waals surface area contributed by atoms with Gasteiger partial charge in [0.15, 0.2) is 11.5 Å². The number of nitrogens with zero attached hydrogens (tertiary/aromatic N) is 2. The Kier molecular flexibility index (Phi) is 6.82. The number of amides is 1. The summed E-state index contributed by atoms with van der Waals surface area (Å²) < 4.78 is 7.54. The fourth-order valence-corrected chi connectivity index (χ4v) is 8.06. The highest BCUT2D eigenvalue weighted by atomic mass is 79.9. The average molecular weight is 630 g/mol. The Morgan fingerprint density at radius 3 is 2.37 bits per heavy atom. The average Bonchev–Trinajstić information content (AvgIpc) is 3.68. The third kappa shape index (κ3) is 4.31. The summed E-state index contributed by atoms with van der Waals surface area (Å²) in [5.74, 6) is -2.28. The lowest BCUT2D eigenvalue weighted by Crippen LogP contribution is -2.78. The Hall–Kier alpha value is -3.15. The van der Waals surface area contributed by atoms with Gasteiger partial charge in [-0.05, 0) is 86.9 Å². The number of aromatic hydroxyl groups is 1.